The molecule has 1 aliphatic rings. The Kier molecular flexibility index (Phi) is 9.35. The third-order valence-corrected chi connectivity index (χ3v) is 6.85. The lowest BCUT2D eigenvalue weighted by molar-refractivity contribution is -0.138. The number of Topliss-reactive ketones (excluding diaryl/α,β-unsaturated/α-hetero) is 1. The molecule has 0 saturated carbocycles. The molecule has 0 aromatic heterocycles. The summed E-state index contributed by atoms with van der Waals surface area (Å²) in [5.41, 5.74) is 0.641. The predicted molar refractivity (Wildman–Crippen MR) is 144 cm³/mol. The maximum Gasteiger partial charge on any atom is 0.408 e. The van der Waals surface area contributed by atoms with Gasteiger partial charge in [0.2, 0.25) is 5.91 Å². The van der Waals surface area contributed by atoms with E-state index in [1.54, 1.807) is 32.8 Å². The van der Waals surface area contributed by atoms with E-state index in [9.17, 15) is 14.4 Å². The van der Waals surface area contributed by atoms with Crippen molar-refractivity contribution in [1.29, 1.82) is 0 Å². The van der Waals surface area contributed by atoms with Crippen molar-refractivity contribution >= 4 is 17.8 Å². The van der Waals surface area contributed by atoms with E-state index in [-0.39, 0.29) is 11.7 Å². The summed E-state index contributed by atoms with van der Waals surface area (Å²) in [6.07, 6.45) is 2.11. The van der Waals surface area contributed by atoms with E-state index in [2.05, 4.69) is 5.32 Å². The number of nitrogens with zero attached hydrogens (tertiary/aromatic N) is 1. The minimum atomic E-state index is -0.793. The fourth-order valence-corrected chi connectivity index (χ4v) is 4.93. The van der Waals surface area contributed by atoms with Crippen molar-refractivity contribution < 1.29 is 23.9 Å². The molecule has 1 unspecified atom stereocenters. The summed E-state index contributed by atoms with van der Waals surface area (Å²) in [6, 6.07) is 16.5. The Morgan fingerprint density at radius 1 is 1.00 bits per heavy atom. The lowest BCUT2D eigenvalue weighted by Crippen LogP contribution is -2.55. The summed E-state index contributed by atoms with van der Waals surface area (Å²) >= 11 is 0. The normalized spacial score (nSPS) is 16.0. The molecule has 1 heterocycles. The first-order chi connectivity index (χ1) is 17.6. The van der Waals surface area contributed by atoms with Crippen molar-refractivity contribution in [1.82, 2.24) is 10.2 Å². The molecule has 1 N–H and O–H groups in total. The topological polar surface area (TPSA) is 84.9 Å². The van der Waals surface area contributed by atoms with E-state index < -0.39 is 23.2 Å². The number of alkyl carbamates (subject to hydrolysis) is 1. The predicted octanol–water partition coefficient (Wildman–Crippen LogP) is 5.06. The number of carbonyl (C=O) groups excluding carboxylic acids is 3. The Bertz CT molecular complexity index is 1050. The highest BCUT2D eigenvalue weighted by Crippen LogP contribution is 2.38. The molecule has 1 saturated heterocycles. The Morgan fingerprint density at radius 2 is 1.62 bits per heavy atom. The minimum Gasteiger partial charge on any atom is -0.497 e. The van der Waals surface area contributed by atoms with Crippen LogP contribution in [0.15, 0.2) is 54.6 Å². The first kappa shape index (κ1) is 28.2. The van der Waals surface area contributed by atoms with E-state index >= 15 is 0 Å². The highest BCUT2D eigenvalue weighted by molar-refractivity contribution is 5.91. The second-order valence-electron chi connectivity index (χ2n) is 10.7. The Balaban J connectivity index is 1.79. The van der Waals surface area contributed by atoms with Crippen molar-refractivity contribution in [2.24, 2.45) is 0 Å². The second kappa shape index (κ2) is 12.3. The van der Waals surface area contributed by atoms with Crippen molar-refractivity contribution in [2.45, 2.75) is 76.9 Å². The van der Waals surface area contributed by atoms with Gasteiger partial charge in [-0.05, 0) is 63.3 Å². The van der Waals surface area contributed by atoms with Crippen molar-refractivity contribution in [3.63, 3.8) is 0 Å². The van der Waals surface area contributed by atoms with Crippen LogP contribution in [0.2, 0.25) is 0 Å². The number of hydrogen-bond donors (Lipinski definition) is 1. The molecule has 3 rings (SSSR count). The SMILES string of the molecule is CCCC(=O)C1(c2ccccc2)CCN(C(=O)C(Cc2ccc(OC)cc2)NC(=O)OC(C)(C)C)CC1. The van der Waals surface area contributed by atoms with Gasteiger partial charge in [0.05, 0.1) is 12.5 Å². The molecule has 0 bridgehead atoms. The molecular weight excluding hydrogens is 468 g/mol. The quantitative estimate of drug-likeness (QED) is 0.512. The third-order valence-electron chi connectivity index (χ3n) is 6.85. The molecule has 7 heteroatoms. The number of amides is 2. The number of carbonyl (C=O) groups is 3. The molecule has 0 aliphatic carbocycles. The van der Waals surface area contributed by atoms with Crippen LogP contribution in [0.4, 0.5) is 4.79 Å². The van der Waals surface area contributed by atoms with Crippen LogP contribution in [-0.4, -0.2) is 54.5 Å². The first-order valence-electron chi connectivity index (χ1n) is 13.1. The Hall–Kier alpha value is -3.35. The zero-order valence-electron chi connectivity index (χ0n) is 22.7. The summed E-state index contributed by atoms with van der Waals surface area (Å²) in [7, 11) is 1.60. The van der Waals surface area contributed by atoms with Gasteiger partial charge >= 0.3 is 6.09 Å². The van der Waals surface area contributed by atoms with Crippen LogP contribution in [0.3, 0.4) is 0 Å². The number of rotatable bonds is 9. The average Bonchev–Trinajstić information content (AvgIpc) is 2.88. The van der Waals surface area contributed by atoms with Crippen LogP contribution >= 0.6 is 0 Å². The van der Waals surface area contributed by atoms with Crippen LogP contribution in [0.5, 0.6) is 5.75 Å². The van der Waals surface area contributed by atoms with Crippen LogP contribution in [0.25, 0.3) is 0 Å². The number of nitrogens with one attached hydrogen (secondary N) is 1. The molecule has 37 heavy (non-hydrogen) atoms. The standard InChI is InChI=1S/C30H40N2O5/c1-6-10-26(33)30(23-11-8-7-9-12-23)17-19-32(20-18-30)27(34)25(31-28(35)37-29(2,3)4)21-22-13-15-24(36-5)16-14-22/h7-9,11-16,25H,6,10,17-21H2,1-5H3,(H,31,35). The van der Waals surface area contributed by atoms with Crippen LogP contribution in [-0.2, 0) is 26.2 Å². The van der Waals surface area contributed by atoms with Crippen LogP contribution < -0.4 is 10.1 Å². The van der Waals surface area contributed by atoms with E-state index in [1.807, 2.05) is 61.5 Å². The van der Waals surface area contributed by atoms with Crippen molar-refractivity contribution in [2.75, 3.05) is 20.2 Å². The van der Waals surface area contributed by atoms with Gasteiger partial charge in [0.1, 0.15) is 23.2 Å². The highest BCUT2D eigenvalue weighted by atomic mass is 16.6. The van der Waals surface area contributed by atoms with E-state index in [1.165, 1.54) is 0 Å². The molecule has 0 radical (unpaired) electrons. The highest BCUT2D eigenvalue weighted by Gasteiger charge is 2.43. The number of piperidine rings is 1. The third kappa shape index (κ3) is 7.34. The van der Waals surface area contributed by atoms with E-state index in [0.29, 0.717) is 38.8 Å². The van der Waals surface area contributed by atoms with Gasteiger partial charge < -0.3 is 19.7 Å². The van der Waals surface area contributed by atoms with Gasteiger partial charge in [0, 0.05) is 25.9 Å². The first-order valence-corrected chi connectivity index (χ1v) is 13.1. The summed E-state index contributed by atoms with van der Waals surface area (Å²) in [5.74, 6) is 0.776. The maximum atomic E-state index is 13.7. The van der Waals surface area contributed by atoms with Gasteiger partial charge in [-0.1, -0.05) is 49.4 Å². The second-order valence-corrected chi connectivity index (χ2v) is 10.7. The Labute approximate surface area is 220 Å². The number of benzene rings is 2. The number of hydrogen-bond acceptors (Lipinski definition) is 5. The van der Waals surface area contributed by atoms with Gasteiger partial charge in [-0.25, -0.2) is 4.79 Å². The monoisotopic (exact) mass is 508 g/mol. The molecule has 1 aliphatic heterocycles. The molecule has 2 aromatic carbocycles. The lowest BCUT2D eigenvalue weighted by atomic mass is 9.68. The van der Waals surface area contributed by atoms with E-state index in [4.69, 9.17) is 9.47 Å². The van der Waals surface area contributed by atoms with Crippen molar-refractivity contribution in [3.05, 3.63) is 65.7 Å². The molecular formula is C30H40N2O5. The van der Waals surface area contributed by atoms with Crippen molar-refractivity contribution in [3.8, 4) is 5.75 Å². The number of ketones is 1. The maximum absolute atomic E-state index is 13.7. The van der Waals surface area contributed by atoms with E-state index in [0.717, 1.165) is 23.3 Å². The summed E-state index contributed by atoms with van der Waals surface area (Å²) in [6.45, 7) is 8.26. The van der Waals surface area contributed by atoms with Gasteiger partial charge in [0.25, 0.3) is 0 Å². The summed E-state index contributed by atoms with van der Waals surface area (Å²) in [5, 5.41) is 2.79. The van der Waals surface area contributed by atoms with Gasteiger partial charge in [0.15, 0.2) is 0 Å². The smallest absolute Gasteiger partial charge is 0.408 e. The van der Waals surface area contributed by atoms with Crippen LogP contribution in [0.1, 0.15) is 64.5 Å². The van der Waals surface area contributed by atoms with Crippen LogP contribution in [0, 0.1) is 0 Å². The molecule has 2 aromatic rings. The minimum absolute atomic E-state index is 0.175. The molecule has 2 amide bonds. The number of ether oxygens (including phenoxy) is 2. The zero-order valence-corrected chi connectivity index (χ0v) is 22.7. The average molecular weight is 509 g/mol. The summed E-state index contributed by atoms with van der Waals surface area (Å²) < 4.78 is 10.7. The lowest BCUT2D eigenvalue weighted by Gasteiger charge is -2.42. The van der Waals surface area contributed by atoms with Gasteiger partial charge in [-0.15, -0.1) is 0 Å². The molecule has 1 fully saturated rings. The number of likely N-dealkylation sites (tertiary alicyclic amines) is 1. The largest absolute Gasteiger partial charge is 0.497 e. The molecule has 0 spiro atoms. The number of methoxy groups -OCH3 is 1. The fourth-order valence-electron chi connectivity index (χ4n) is 4.93. The van der Waals surface area contributed by atoms with Gasteiger partial charge in [-0.2, -0.15) is 0 Å². The molecule has 200 valence electrons. The molecule has 7 nitrogen and oxygen atoms in total. The van der Waals surface area contributed by atoms with Gasteiger partial charge in [-0.3, -0.25) is 9.59 Å². The fraction of sp³-hybridized carbons (Fsp3) is 0.500. The molecule has 1 atom stereocenters. The zero-order chi connectivity index (χ0) is 27.1. The summed E-state index contributed by atoms with van der Waals surface area (Å²) in [4.78, 5) is 41.4. The Morgan fingerprint density at radius 3 is 2.16 bits per heavy atom.